The molecule has 0 aliphatic carbocycles. The second-order valence-electron chi connectivity index (χ2n) is 5.24. The van der Waals surface area contributed by atoms with Crippen molar-refractivity contribution in [3.05, 3.63) is 29.6 Å². The second-order valence-corrected chi connectivity index (χ2v) is 5.24. The van der Waals surface area contributed by atoms with E-state index in [1.807, 2.05) is 0 Å². The van der Waals surface area contributed by atoms with Crippen molar-refractivity contribution in [3.8, 4) is 0 Å². The maximum atomic E-state index is 13.4. The van der Waals surface area contributed by atoms with E-state index in [2.05, 4.69) is 12.2 Å². The number of hydrogen-bond donors (Lipinski definition) is 1. The fourth-order valence-corrected chi connectivity index (χ4v) is 2.14. The van der Waals surface area contributed by atoms with E-state index in [9.17, 15) is 17.6 Å². The lowest BCUT2D eigenvalue weighted by molar-refractivity contribution is -0.137. The Labute approximate surface area is 123 Å². The van der Waals surface area contributed by atoms with E-state index < -0.39 is 17.6 Å². The Hall–Kier alpha value is -1.26. The molecule has 0 aromatic heterocycles. The number of rotatable bonds is 9. The van der Waals surface area contributed by atoms with Gasteiger partial charge in [-0.15, -0.1) is 0 Å². The van der Waals surface area contributed by atoms with E-state index in [1.165, 1.54) is 25.7 Å². The van der Waals surface area contributed by atoms with Crippen LogP contribution in [0.5, 0.6) is 0 Å². The summed E-state index contributed by atoms with van der Waals surface area (Å²) in [5.41, 5.74) is -0.901. The van der Waals surface area contributed by atoms with Crippen LogP contribution >= 0.6 is 0 Å². The number of alkyl halides is 3. The van der Waals surface area contributed by atoms with E-state index in [0.717, 1.165) is 37.5 Å². The molecule has 0 saturated heterocycles. The van der Waals surface area contributed by atoms with Gasteiger partial charge in [-0.1, -0.05) is 45.4 Å². The first kappa shape index (κ1) is 17.8. The summed E-state index contributed by atoms with van der Waals surface area (Å²) < 4.78 is 51.1. The zero-order chi connectivity index (χ0) is 15.7. The first-order valence-corrected chi connectivity index (χ1v) is 7.55. The van der Waals surface area contributed by atoms with Gasteiger partial charge in [-0.05, 0) is 24.6 Å². The lowest BCUT2D eigenvalue weighted by Crippen LogP contribution is -2.08. The van der Waals surface area contributed by atoms with Gasteiger partial charge in [0, 0.05) is 6.54 Å². The number of anilines is 1. The molecule has 0 saturated carbocycles. The number of unbranched alkanes of at least 4 members (excludes halogenated alkanes) is 6. The smallest absolute Gasteiger partial charge is 0.383 e. The standard InChI is InChI=1S/C16H23F4N/c1-2-3-4-5-6-7-8-11-21-15-12-13(16(18,19)20)9-10-14(15)17/h9-10,12,21H,2-8,11H2,1H3. The summed E-state index contributed by atoms with van der Waals surface area (Å²) in [6.07, 6.45) is 3.39. The van der Waals surface area contributed by atoms with Crippen LogP contribution in [0.25, 0.3) is 0 Å². The Morgan fingerprint density at radius 1 is 0.952 bits per heavy atom. The maximum Gasteiger partial charge on any atom is 0.416 e. The molecule has 1 rings (SSSR count). The molecule has 5 heteroatoms. The van der Waals surface area contributed by atoms with Crippen molar-refractivity contribution < 1.29 is 17.6 Å². The van der Waals surface area contributed by atoms with Gasteiger partial charge in [0.2, 0.25) is 0 Å². The zero-order valence-electron chi connectivity index (χ0n) is 12.4. The molecular weight excluding hydrogens is 282 g/mol. The Bertz CT molecular complexity index is 415. The fourth-order valence-electron chi connectivity index (χ4n) is 2.14. The van der Waals surface area contributed by atoms with Crippen LogP contribution in [0.3, 0.4) is 0 Å². The molecule has 0 radical (unpaired) electrons. The lowest BCUT2D eigenvalue weighted by atomic mass is 10.1. The molecule has 0 atom stereocenters. The normalized spacial score (nSPS) is 11.7. The van der Waals surface area contributed by atoms with Crippen LogP contribution < -0.4 is 5.32 Å². The van der Waals surface area contributed by atoms with Gasteiger partial charge < -0.3 is 5.32 Å². The highest BCUT2D eigenvalue weighted by molar-refractivity contribution is 5.47. The van der Waals surface area contributed by atoms with E-state index >= 15 is 0 Å². The maximum absolute atomic E-state index is 13.4. The SMILES string of the molecule is CCCCCCCCCNc1cc(C(F)(F)F)ccc1F. The molecule has 0 unspecified atom stereocenters. The van der Waals surface area contributed by atoms with Crippen LogP contribution in [0.4, 0.5) is 23.2 Å². The van der Waals surface area contributed by atoms with Gasteiger partial charge in [-0.3, -0.25) is 0 Å². The molecule has 1 aromatic rings. The summed E-state index contributed by atoms with van der Waals surface area (Å²) >= 11 is 0. The zero-order valence-corrected chi connectivity index (χ0v) is 12.4. The Kier molecular flexibility index (Phi) is 7.54. The third-order valence-electron chi connectivity index (χ3n) is 3.39. The monoisotopic (exact) mass is 305 g/mol. The molecule has 0 bridgehead atoms. The van der Waals surface area contributed by atoms with Crippen molar-refractivity contribution in [2.45, 2.75) is 58.0 Å². The van der Waals surface area contributed by atoms with Crippen molar-refractivity contribution in [1.82, 2.24) is 0 Å². The molecular formula is C16H23F4N. The molecule has 0 aliphatic rings. The molecule has 0 aliphatic heterocycles. The van der Waals surface area contributed by atoms with Crippen molar-refractivity contribution in [1.29, 1.82) is 0 Å². The van der Waals surface area contributed by atoms with E-state index in [-0.39, 0.29) is 5.69 Å². The first-order valence-electron chi connectivity index (χ1n) is 7.55. The molecule has 0 fully saturated rings. The van der Waals surface area contributed by atoms with Crippen molar-refractivity contribution in [2.24, 2.45) is 0 Å². The Balaban J connectivity index is 2.32. The summed E-state index contributed by atoms with van der Waals surface area (Å²) in [5, 5.41) is 2.75. The number of nitrogens with one attached hydrogen (secondary N) is 1. The van der Waals surface area contributed by atoms with Crippen LogP contribution in [-0.2, 0) is 6.18 Å². The average Bonchev–Trinajstić information content (AvgIpc) is 2.42. The fraction of sp³-hybridized carbons (Fsp3) is 0.625. The van der Waals surface area contributed by atoms with Crippen LogP contribution in [0.2, 0.25) is 0 Å². The van der Waals surface area contributed by atoms with Crippen LogP contribution in [0.1, 0.15) is 57.4 Å². The van der Waals surface area contributed by atoms with Gasteiger partial charge in [0.1, 0.15) is 5.82 Å². The second kappa shape index (κ2) is 8.90. The summed E-state index contributed by atoms with van der Waals surface area (Å²) in [6.45, 7) is 2.65. The minimum atomic E-state index is -4.44. The highest BCUT2D eigenvalue weighted by Gasteiger charge is 2.31. The summed E-state index contributed by atoms with van der Waals surface area (Å²) in [7, 11) is 0. The highest BCUT2D eigenvalue weighted by Crippen LogP contribution is 2.31. The molecule has 0 amide bonds. The predicted octanol–water partition coefficient (Wildman–Crippen LogP) is 6.01. The van der Waals surface area contributed by atoms with Gasteiger partial charge in [-0.25, -0.2) is 4.39 Å². The molecule has 1 N–H and O–H groups in total. The largest absolute Gasteiger partial charge is 0.416 e. The third-order valence-corrected chi connectivity index (χ3v) is 3.39. The predicted molar refractivity (Wildman–Crippen MR) is 77.9 cm³/mol. The van der Waals surface area contributed by atoms with Gasteiger partial charge in [0.15, 0.2) is 0 Å². The number of benzene rings is 1. The number of halogens is 4. The molecule has 1 aromatic carbocycles. The lowest BCUT2D eigenvalue weighted by Gasteiger charge is -2.11. The Morgan fingerprint density at radius 2 is 1.57 bits per heavy atom. The van der Waals surface area contributed by atoms with Crippen LogP contribution in [0, 0.1) is 5.82 Å². The van der Waals surface area contributed by atoms with Gasteiger partial charge in [0.05, 0.1) is 11.3 Å². The summed E-state index contributed by atoms with van der Waals surface area (Å²) in [6, 6.07) is 2.45. The minimum absolute atomic E-state index is 0.0733. The van der Waals surface area contributed by atoms with Crippen molar-refractivity contribution >= 4 is 5.69 Å². The van der Waals surface area contributed by atoms with Crippen LogP contribution in [-0.4, -0.2) is 6.54 Å². The van der Waals surface area contributed by atoms with E-state index in [0.29, 0.717) is 6.54 Å². The van der Waals surface area contributed by atoms with Gasteiger partial charge in [-0.2, -0.15) is 13.2 Å². The summed E-state index contributed by atoms with van der Waals surface area (Å²) in [4.78, 5) is 0. The molecule has 120 valence electrons. The van der Waals surface area contributed by atoms with Gasteiger partial charge >= 0.3 is 6.18 Å². The van der Waals surface area contributed by atoms with Crippen molar-refractivity contribution in [3.63, 3.8) is 0 Å². The van der Waals surface area contributed by atoms with E-state index in [4.69, 9.17) is 0 Å². The quantitative estimate of drug-likeness (QED) is 0.435. The molecule has 1 nitrogen and oxygen atoms in total. The molecule has 21 heavy (non-hydrogen) atoms. The third kappa shape index (κ3) is 6.82. The summed E-state index contributed by atoms with van der Waals surface area (Å²) in [5.74, 6) is -0.647. The Morgan fingerprint density at radius 3 is 2.19 bits per heavy atom. The first-order chi connectivity index (χ1) is 9.95. The topological polar surface area (TPSA) is 12.0 Å². The molecule has 0 heterocycles. The van der Waals surface area contributed by atoms with Gasteiger partial charge in [0.25, 0.3) is 0 Å². The molecule has 0 spiro atoms. The highest BCUT2D eigenvalue weighted by atomic mass is 19.4. The van der Waals surface area contributed by atoms with Crippen LogP contribution in [0.15, 0.2) is 18.2 Å². The minimum Gasteiger partial charge on any atom is -0.383 e. The van der Waals surface area contributed by atoms with E-state index in [1.54, 1.807) is 0 Å². The van der Waals surface area contributed by atoms with Crippen molar-refractivity contribution in [2.75, 3.05) is 11.9 Å². The average molecular weight is 305 g/mol. The number of hydrogen-bond acceptors (Lipinski definition) is 1.